The lowest BCUT2D eigenvalue weighted by Gasteiger charge is -2.04. The number of hydrogen-bond donors (Lipinski definition) is 0. The molecule has 1 fully saturated rings. The Morgan fingerprint density at radius 2 is 2.14 bits per heavy atom. The van der Waals surface area contributed by atoms with Gasteiger partial charge in [0.25, 0.3) is 0 Å². The van der Waals surface area contributed by atoms with Gasteiger partial charge in [0, 0.05) is 12.2 Å². The highest BCUT2D eigenvalue weighted by atomic mass is 32.2. The molecule has 0 unspecified atom stereocenters. The lowest BCUT2D eigenvalue weighted by molar-refractivity contribution is 0.0982. The van der Waals surface area contributed by atoms with E-state index in [0.29, 0.717) is 11.0 Å². The summed E-state index contributed by atoms with van der Waals surface area (Å²) in [4.78, 5) is 11.0. The second-order valence-corrected chi connectivity index (χ2v) is 5.00. The van der Waals surface area contributed by atoms with Crippen LogP contribution in [0.1, 0.15) is 43.2 Å². The second-order valence-electron chi connectivity index (χ2n) is 3.70. The normalized spacial score (nSPS) is 17.5. The van der Waals surface area contributed by atoms with Crippen molar-refractivity contribution in [1.29, 1.82) is 0 Å². The van der Waals surface area contributed by atoms with Crippen molar-refractivity contribution in [3.63, 3.8) is 0 Å². The summed E-state index contributed by atoms with van der Waals surface area (Å²) in [5.74, 6) is 0.480. The standard InChI is InChI=1S/C11H14O2S/c1-8(12)10-6-7-11(13-10)14-9-4-2-3-5-9/h6-7,9H,2-5H2,1H3. The summed E-state index contributed by atoms with van der Waals surface area (Å²) in [6.45, 7) is 1.53. The first-order valence-corrected chi connectivity index (χ1v) is 5.91. The Morgan fingerprint density at radius 1 is 1.43 bits per heavy atom. The Bertz CT molecular complexity index is 324. The predicted molar refractivity (Wildman–Crippen MR) is 56.8 cm³/mol. The Kier molecular flexibility index (Phi) is 2.96. The fourth-order valence-corrected chi connectivity index (χ4v) is 2.93. The molecule has 0 aromatic carbocycles. The first kappa shape index (κ1) is 9.84. The van der Waals surface area contributed by atoms with Crippen LogP contribution in [0.5, 0.6) is 0 Å². The molecule has 0 radical (unpaired) electrons. The van der Waals surface area contributed by atoms with E-state index >= 15 is 0 Å². The van der Waals surface area contributed by atoms with Crippen molar-refractivity contribution in [1.82, 2.24) is 0 Å². The van der Waals surface area contributed by atoms with E-state index in [1.165, 1.54) is 32.6 Å². The summed E-state index contributed by atoms with van der Waals surface area (Å²) in [5, 5.41) is 1.59. The molecule has 0 saturated heterocycles. The van der Waals surface area contributed by atoms with E-state index in [2.05, 4.69) is 0 Å². The van der Waals surface area contributed by atoms with E-state index in [1.54, 1.807) is 17.8 Å². The Hall–Kier alpha value is -0.700. The molecule has 2 rings (SSSR count). The van der Waals surface area contributed by atoms with E-state index in [0.717, 1.165) is 5.09 Å². The van der Waals surface area contributed by atoms with Crippen LogP contribution in [0.3, 0.4) is 0 Å². The number of hydrogen-bond acceptors (Lipinski definition) is 3. The highest BCUT2D eigenvalue weighted by molar-refractivity contribution is 7.99. The van der Waals surface area contributed by atoms with Crippen molar-refractivity contribution in [3.8, 4) is 0 Å². The van der Waals surface area contributed by atoms with Gasteiger partial charge in [-0.05, 0) is 25.0 Å². The number of carbonyl (C=O) groups excluding carboxylic acids is 1. The Morgan fingerprint density at radius 3 is 2.71 bits per heavy atom. The summed E-state index contributed by atoms with van der Waals surface area (Å²) in [7, 11) is 0. The summed E-state index contributed by atoms with van der Waals surface area (Å²) in [6, 6.07) is 3.67. The van der Waals surface area contributed by atoms with Crippen LogP contribution >= 0.6 is 11.8 Å². The molecule has 0 aliphatic heterocycles. The van der Waals surface area contributed by atoms with Gasteiger partial charge < -0.3 is 4.42 Å². The fraction of sp³-hybridized carbons (Fsp3) is 0.545. The average molecular weight is 210 g/mol. The molecule has 1 aliphatic rings. The SMILES string of the molecule is CC(=O)c1ccc(SC2CCCC2)o1. The molecular weight excluding hydrogens is 196 g/mol. The molecule has 2 nitrogen and oxygen atoms in total. The quantitative estimate of drug-likeness (QED) is 0.715. The van der Waals surface area contributed by atoms with Crippen molar-refractivity contribution in [2.24, 2.45) is 0 Å². The summed E-state index contributed by atoms with van der Waals surface area (Å²) < 4.78 is 5.42. The number of thioether (sulfide) groups is 1. The van der Waals surface area contributed by atoms with E-state index in [-0.39, 0.29) is 5.78 Å². The van der Waals surface area contributed by atoms with E-state index in [4.69, 9.17) is 4.42 Å². The zero-order valence-electron chi connectivity index (χ0n) is 8.29. The van der Waals surface area contributed by atoms with Gasteiger partial charge in [0.05, 0.1) is 0 Å². The van der Waals surface area contributed by atoms with E-state index < -0.39 is 0 Å². The number of ketones is 1. The first-order chi connectivity index (χ1) is 6.75. The molecule has 76 valence electrons. The Balaban J connectivity index is 1.98. The average Bonchev–Trinajstić information content (AvgIpc) is 2.75. The van der Waals surface area contributed by atoms with Gasteiger partial charge in [-0.25, -0.2) is 0 Å². The van der Waals surface area contributed by atoms with E-state index in [9.17, 15) is 4.79 Å². The molecular formula is C11H14O2S. The zero-order chi connectivity index (χ0) is 9.97. The van der Waals surface area contributed by atoms with Crippen molar-refractivity contribution in [2.75, 3.05) is 0 Å². The topological polar surface area (TPSA) is 30.2 Å². The highest BCUT2D eigenvalue weighted by Crippen LogP contribution is 2.35. The largest absolute Gasteiger partial charge is 0.447 e. The lowest BCUT2D eigenvalue weighted by atomic mass is 10.3. The molecule has 0 amide bonds. The second kappa shape index (κ2) is 4.22. The smallest absolute Gasteiger partial charge is 0.194 e. The van der Waals surface area contributed by atoms with Gasteiger partial charge in [0.15, 0.2) is 16.6 Å². The minimum atomic E-state index is 0.00303. The third-order valence-corrected chi connectivity index (χ3v) is 3.77. The molecule has 0 atom stereocenters. The van der Waals surface area contributed by atoms with Gasteiger partial charge in [-0.1, -0.05) is 24.6 Å². The molecule has 1 heterocycles. The summed E-state index contributed by atoms with van der Waals surface area (Å²) in [5.41, 5.74) is 0. The van der Waals surface area contributed by atoms with Crippen molar-refractivity contribution in [3.05, 3.63) is 17.9 Å². The third-order valence-electron chi connectivity index (χ3n) is 2.51. The Labute approximate surface area is 88.1 Å². The first-order valence-electron chi connectivity index (χ1n) is 5.03. The fourth-order valence-electron chi connectivity index (χ4n) is 1.74. The maximum Gasteiger partial charge on any atom is 0.194 e. The van der Waals surface area contributed by atoms with Crippen LogP contribution < -0.4 is 0 Å². The molecule has 1 saturated carbocycles. The van der Waals surface area contributed by atoms with Crippen molar-refractivity contribution in [2.45, 2.75) is 42.9 Å². The summed E-state index contributed by atoms with van der Waals surface area (Å²) in [6.07, 6.45) is 5.22. The molecule has 14 heavy (non-hydrogen) atoms. The van der Waals surface area contributed by atoms with Crippen LogP contribution in [0.25, 0.3) is 0 Å². The molecule has 1 aliphatic carbocycles. The maximum atomic E-state index is 11.0. The molecule has 1 aromatic heterocycles. The molecule has 0 spiro atoms. The molecule has 3 heteroatoms. The van der Waals surface area contributed by atoms with Gasteiger partial charge >= 0.3 is 0 Å². The highest BCUT2D eigenvalue weighted by Gasteiger charge is 2.18. The maximum absolute atomic E-state index is 11.0. The van der Waals surface area contributed by atoms with E-state index in [1.807, 2.05) is 6.07 Å². The van der Waals surface area contributed by atoms with Crippen LogP contribution in [0.2, 0.25) is 0 Å². The van der Waals surface area contributed by atoms with Crippen LogP contribution in [0.4, 0.5) is 0 Å². The molecule has 0 N–H and O–H groups in total. The van der Waals surface area contributed by atoms with Gasteiger partial charge in [-0.15, -0.1) is 0 Å². The van der Waals surface area contributed by atoms with Crippen LogP contribution in [-0.4, -0.2) is 11.0 Å². The minimum Gasteiger partial charge on any atom is -0.447 e. The van der Waals surface area contributed by atoms with Crippen LogP contribution in [0.15, 0.2) is 21.6 Å². The predicted octanol–water partition coefficient (Wildman–Crippen LogP) is 3.52. The lowest BCUT2D eigenvalue weighted by Crippen LogP contribution is -1.92. The monoisotopic (exact) mass is 210 g/mol. The minimum absolute atomic E-state index is 0.00303. The van der Waals surface area contributed by atoms with Crippen molar-refractivity contribution < 1.29 is 9.21 Å². The number of carbonyl (C=O) groups is 1. The van der Waals surface area contributed by atoms with Gasteiger partial charge in [0.2, 0.25) is 0 Å². The van der Waals surface area contributed by atoms with Crippen LogP contribution in [-0.2, 0) is 0 Å². The van der Waals surface area contributed by atoms with Crippen molar-refractivity contribution >= 4 is 17.5 Å². The number of Topliss-reactive ketones (excluding diaryl/α,β-unsaturated/α-hetero) is 1. The molecule has 1 aromatic rings. The molecule has 0 bridgehead atoms. The van der Waals surface area contributed by atoms with Gasteiger partial charge in [-0.2, -0.15) is 0 Å². The number of furan rings is 1. The number of rotatable bonds is 3. The summed E-state index contributed by atoms with van der Waals surface area (Å²) >= 11 is 1.77. The van der Waals surface area contributed by atoms with Crippen LogP contribution in [0, 0.1) is 0 Å². The van der Waals surface area contributed by atoms with Gasteiger partial charge in [-0.3, -0.25) is 4.79 Å². The third kappa shape index (κ3) is 2.21. The van der Waals surface area contributed by atoms with Gasteiger partial charge in [0.1, 0.15) is 0 Å². The zero-order valence-corrected chi connectivity index (χ0v) is 9.10.